The zero-order valence-corrected chi connectivity index (χ0v) is 13.2. The SMILES string of the molecule is CCOC(=O)CCc1c(C(=O)O)[nH]c2cc(C(F)(F)F)c(Cl)cc12. The summed E-state index contributed by atoms with van der Waals surface area (Å²) in [6.45, 7) is 1.81. The van der Waals surface area contributed by atoms with E-state index in [9.17, 15) is 27.9 Å². The average Bonchev–Trinajstić information content (AvgIpc) is 2.81. The molecule has 0 aliphatic carbocycles. The van der Waals surface area contributed by atoms with Crippen molar-refractivity contribution in [2.75, 3.05) is 6.61 Å². The van der Waals surface area contributed by atoms with Crippen molar-refractivity contribution in [2.45, 2.75) is 25.9 Å². The molecule has 0 saturated heterocycles. The lowest BCUT2D eigenvalue weighted by molar-refractivity contribution is -0.143. The van der Waals surface area contributed by atoms with E-state index in [1.807, 2.05) is 0 Å². The number of ether oxygens (including phenoxy) is 1. The number of halogens is 4. The van der Waals surface area contributed by atoms with Crippen molar-refractivity contribution in [3.05, 3.63) is 34.0 Å². The molecule has 0 amide bonds. The van der Waals surface area contributed by atoms with Gasteiger partial charge >= 0.3 is 18.1 Å². The van der Waals surface area contributed by atoms with Crippen LogP contribution in [0, 0.1) is 0 Å². The smallest absolute Gasteiger partial charge is 0.417 e. The highest BCUT2D eigenvalue weighted by molar-refractivity contribution is 6.32. The van der Waals surface area contributed by atoms with E-state index in [1.54, 1.807) is 6.92 Å². The number of fused-ring (bicyclic) bond motifs is 1. The van der Waals surface area contributed by atoms with Crippen molar-refractivity contribution in [2.24, 2.45) is 0 Å². The van der Waals surface area contributed by atoms with Crippen LogP contribution >= 0.6 is 11.6 Å². The molecule has 1 aromatic heterocycles. The molecule has 0 bridgehead atoms. The topological polar surface area (TPSA) is 79.4 Å². The Hall–Kier alpha value is -2.22. The molecule has 0 spiro atoms. The lowest BCUT2D eigenvalue weighted by Crippen LogP contribution is -2.07. The summed E-state index contributed by atoms with van der Waals surface area (Å²) in [5.74, 6) is -1.86. The van der Waals surface area contributed by atoms with Gasteiger partial charge in [0, 0.05) is 17.3 Å². The van der Waals surface area contributed by atoms with Crippen LogP contribution in [0.2, 0.25) is 5.02 Å². The van der Waals surface area contributed by atoms with Crippen LogP contribution in [-0.2, 0) is 22.1 Å². The van der Waals surface area contributed by atoms with Crippen LogP contribution < -0.4 is 0 Å². The molecule has 0 saturated carbocycles. The van der Waals surface area contributed by atoms with E-state index in [0.717, 1.165) is 12.1 Å². The maximum absolute atomic E-state index is 12.9. The molecule has 1 heterocycles. The Morgan fingerprint density at radius 3 is 2.54 bits per heavy atom. The fourth-order valence-electron chi connectivity index (χ4n) is 2.39. The van der Waals surface area contributed by atoms with Crippen LogP contribution in [0.15, 0.2) is 12.1 Å². The normalized spacial score (nSPS) is 11.7. The largest absolute Gasteiger partial charge is 0.477 e. The Bertz CT molecular complexity index is 798. The first-order chi connectivity index (χ1) is 11.1. The number of carboxylic acids is 1. The number of hydrogen-bond acceptors (Lipinski definition) is 3. The third kappa shape index (κ3) is 3.64. The van der Waals surface area contributed by atoms with Gasteiger partial charge < -0.3 is 14.8 Å². The predicted molar refractivity (Wildman–Crippen MR) is 80.2 cm³/mol. The van der Waals surface area contributed by atoms with Crippen LogP contribution in [0.1, 0.15) is 35.0 Å². The first-order valence-electron chi connectivity index (χ1n) is 6.95. The van der Waals surface area contributed by atoms with Gasteiger partial charge in [-0.1, -0.05) is 11.6 Å². The van der Waals surface area contributed by atoms with Crippen LogP contribution in [0.4, 0.5) is 13.2 Å². The van der Waals surface area contributed by atoms with Crippen LogP contribution in [0.3, 0.4) is 0 Å². The number of aromatic carboxylic acids is 1. The number of rotatable bonds is 5. The van der Waals surface area contributed by atoms with Gasteiger partial charge in [-0.15, -0.1) is 0 Å². The molecule has 0 radical (unpaired) electrons. The monoisotopic (exact) mass is 363 g/mol. The van der Waals surface area contributed by atoms with E-state index in [4.69, 9.17) is 16.3 Å². The van der Waals surface area contributed by atoms with Gasteiger partial charge in [-0.25, -0.2) is 4.79 Å². The Kier molecular flexibility index (Phi) is 5.08. The number of esters is 1. The zero-order chi connectivity index (χ0) is 18.1. The molecule has 0 fully saturated rings. The molecular weight excluding hydrogens is 351 g/mol. The number of nitrogens with one attached hydrogen (secondary N) is 1. The van der Waals surface area contributed by atoms with Crippen molar-refractivity contribution in [3.8, 4) is 0 Å². The van der Waals surface area contributed by atoms with Gasteiger partial charge in [0.1, 0.15) is 5.69 Å². The Balaban J connectivity index is 2.52. The molecule has 1 aromatic carbocycles. The van der Waals surface area contributed by atoms with Gasteiger partial charge in [0.25, 0.3) is 0 Å². The van der Waals surface area contributed by atoms with Gasteiger partial charge in [0.2, 0.25) is 0 Å². The second kappa shape index (κ2) is 6.72. The third-order valence-electron chi connectivity index (χ3n) is 3.40. The molecule has 24 heavy (non-hydrogen) atoms. The molecule has 9 heteroatoms. The van der Waals surface area contributed by atoms with Crippen molar-refractivity contribution in [1.82, 2.24) is 4.98 Å². The van der Waals surface area contributed by atoms with Crippen molar-refractivity contribution in [3.63, 3.8) is 0 Å². The summed E-state index contributed by atoms with van der Waals surface area (Å²) >= 11 is 5.69. The molecule has 0 aliphatic rings. The molecule has 2 rings (SSSR count). The maximum atomic E-state index is 12.9. The number of H-pyrrole nitrogens is 1. The molecule has 2 aromatic rings. The summed E-state index contributed by atoms with van der Waals surface area (Å²) in [5.41, 5.74) is -1.14. The number of carbonyl (C=O) groups is 2. The fourth-order valence-corrected chi connectivity index (χ4v) is 2.66. The van der Waals surface area contributed by atoms with E-state index in [0.29, 0.717) is 0 Å². The molecule has 0 atom stereocenters. The number of carbonyl (C=O) groups excluding carboxylic acids is 1. The highest BCUT2D eigenvalue weighted by Crippen LogP contribution is 2.38. The van der Waals surface area contributed by atoms with Gasteiger partial charge in [-0.3, -0.25) is 4.79 Å². The number of hydrogen-bond donors (Lipinski definition) is 2. The van der Waals surface area contributed by atoms with Crippen molar-refractivity contribution < 1.29 is 32.6 Å². The molecule has 130 valence electrons. The highest BCUT2D eigenvalue weighted by Gasteiger charge is 2.34. The lowest BCUT2D eigenvalue weighted by Gasteiger charge is -2.09. The summed E-state index contributed by atoms with van der Waals surface area (Å²) in [4.78, 5) is 25.2. The summed E-state index contributed by atoms with van der Waals surface area (Å²) < 4.78 is 43.5. The van der Waals surface area contributed by atoms with Crippen molar-refractivity contribution in [1.29, 1.82) is 0 Å². The molecule has 5 nitrogen and oxygen atoms in total. The summed E-state index contributed by atoms with van der Waals surface area (Å²) in [7, 11) is 0. The molecule has 0 unspecified atom stereocenters. The minimum atomic E-state index is -4.66. The molecule has 0 aliphatic heterocycles. The summed E-state index contributed by atoms with van der Waals surface area (Å²) in [6, 6.07) is 1.82. The highest BCUT2D eigenvalue weighted by atomic mass is 35.5. The van der Waals surface area contributed by atoms with Gasteiger partial charge in [-0.05, 0) is 31.0 Å². The number of aromatic nitrogens is 1. The van der Waals surface area contributed by atoms with E-state index < -0.39 is 28.7 Å². The maximum Gasteiger partial charge on any atom is 0.417 e. The minimum absolute atomic E-state index is 0.00214. The lowest BCUT2D eigenvalue weighted by atomic mass is 10.0. The Labute approximate surface area is 139 Å². The van der Waals surface area contributed by atoms with Crippen molar-refractivity contribution >= 4 is 34.4 Å². The van der Waals surface area contributed by atoms with E-state index in [1.165, 1.54) is 0 Å². The van der Waals surface area contributed by atoms with Crippen LogP contribution in [0.5, 0.6) is 0 Å². The molecule has 2 N–H and O–H groups in total. The molecular formula is C15H13ClF3NO4. The van der Waals surface area contributed by atoms with Gasteiger partial charge in [0.15, 0.2) is 0 Å². The van der Waals surface area contributed by atoms with Crippen LogP contribution in [-0.4, -0.2) is 28.6 Å². The van der Waals surface area contributed by atoms with E-state index >= 15 is 0 Å². The second-order valence-electron chi connectivity index (χ2n) is 4.96. The van der Waals surface area contributed by atoms with Gasteiger partial charge in [0.05, 0.1) is 17.2 Å². The Morgan fingerprint density at radius 1 is 1.33 bits per heavy atom. The predicted octanol–water partition coefficient (Wildman–Crippen LogP) is 4.03. The first-order valence-corrected chi connectivity index (χ1v) is 7.33. The zero-order valence-electron chi connectivity index (χ0n) is 12.5. The summed E-state index contributed by atoms with van der Waals surface area (Å²) in [5, 5.41) is 8.92. The van der Waals surface area contributed by atoms with E-state index in [2.05, 4.69) is 4.98 Å². The standard InChI is InChI=1S/C15H13ClF3NO4/c1-2-24-12(21)4-3-7-8-5-10(16)9(15(17,18)19)6-11(8)20-13(7)14(22)23/h5-6,20H,2-4H2,1H3,(H,22,23). The number of benzene rings is 1. The number of aromatic amines is 1. The number of carboxylic acid groups (broad SMARTS) is 1. The fraction of sp³-hybridized carbons (Fsp3) is 0.333. The van der Waals surface area contributed by atoms with Gasteiger partial charge in [-0.2, -0.15) is 13.2 Å². The Morgan fingerprint density at radius 2 is 2.00 bits per heavy atom. The average molecular weight is 364 g/mol. The number of aryl methyl sites for hydroxylation is 1. The quantitative estimate of drug-likeness (QED) is 0.786. The minimum Gasteiger partial charge on any atom is -0.477 e. The first kappa shape index (κ1) is 18.1. The number of alkyl halides is 3. The summed E-state index contributed by atoms with van der Waals surface area (Å²) in [6.07, 6.45) is -4.76. The second-order valence-corrected chi connectivity index (χ2v) is 5.37. The van der Waals surface area contributed by atoms with E-state index in [-0.39, 0.29) is 41.6 Å². The third-order valence-corrected chi connectivity index (χ3v) is 3.71. The van der Waals surface area contributed by atoms with Crippen LogP contribution in [0.25, 0.3) is 10.9 Å².